The molecule has 0 heterocycles. The number of amides is 1. The average Bonchev–Trinajstić information content (AvgIpc) is 2.27. The molecule has 0 bridgehead atoms. The normalized spacial score (nSPS) is 20.1. The monoisotopic (exact) mass is 239 g/mol. The summed E-state index contributed by atoms with van der Waals surface area (Å²) in [4.78, 5) is 23.5. The van der Waals surface area contributed by atoms with Crippen LogP contribution in [-0.4, -0.2) is 17.7 Å². The molecule has 0 aromatic heterocycles. The molecular formula is C14H25NO2. The van der Waals surface area contributed by atoms with E-state index >= 15 is 0 Å². The van der Waals surface area contributed by atoms with Gasteiger partial charge in [-0.15, -0.1) is 0 Å². The van der Waals surface area contributed by atoms with Crippen LogP contribution < -0.4 is 5.32 Å². The van der Waals surface area contributed by atoms with Crippen LogP contribution in [0.25, 0.3) is 0 Å². The van der Waals surface area contributed by atoms with Crippen molar-refractivity contribution in [3.8, 4) is 0 Å². The van der Waals surface area contributed by atoms with Gasteiger partial charge >= 0.3 is 0 Å². The van der Waals surface area contributed by atoms with Gasteiger partial charge in [0.05, 0.1) is 6.04 Å². The third-order valence-electron chi connectivity index (χ3n) is 3.67. The fourth-order valence-electron chi connectivity index (χ4n) is 2.44. The topological polar surface area (TPSA) is 46.2 Å². The van der Waals surface area contributed by atoms with Gasteiger partial charge in [-0.05, 0) is 19.8 Å². The number of carbonyl (C=O) groups is 2. The smallest absolute Gasteiger partial charge is 0.223 e. The van der Waals surface area contributed by atoms with Gasteiger partial charge in [0.15, 0.2) is 5.78 Å². The minimum Gasteiger partial charge on any atom is -0.346 e. The van der Waals surface area contributed by atoms with E-state index in [1.807, 2.05) is 6.92 Å². The Labute approximate surface area is 104 Å². The molecule has 1 aliphatic carbocycles. The zero-order valence-corrected chi connectivity index (χ0v) is 11.1. The highest BCUT2D eigenvalue weighted by molar-refractivity contribution is 5.89. The van der Waals surface area contributed by atoms with Crippen molar-refractivity contribution in [1.29, 1.82) is 0 Å². The van der Waals surface area contributed by atoms with Gasteiger partial charge in [-0.3, -0.25) is 9.59 Å². The van der Waals surface area contributed by atoms with Gasteiger partial charge in [0.2, 0.25) is 5.91 Å². The summed E-state index contributed by atoms with van der Waals surface area (Å²) in [6.07, 6.45) is 8.55. The molecule has 98 valence electrons. The van der Waals surface area contributed by atoms with Crippen molar-refractivity contribution in [3.63, 3.8) is 0 Å². The molecule has 1 amide bonds. The first-order valence-corrected chi connectivity index (χ1v) is 6.98. The molecule has 1 fully saturated rings. The van der Waals surface area contributed by atoms with Crippen molar-refractivity contribution >= 4 is 11.7 Å². The largest absolute Gasteiger partial charge is 0.346 e. The summed E-state index contributed by atoms with van der Waals surface area (Å²) in [6.45, 7) is 3.62. The second-order valence-electron chi connectivity index (χ2n) is 5.09. The van der Waals surface area contributed by atoms with Crippen LogP contribution in [0.4, 0.5) is 0 Å². The van der Waals surface area contributed by atoms with Crippen LogP contribution in [0.1, 0.15) is 65.2 Å². The molecule has 0 radical (unpaired) electrons. The molecule has 17 heavy (non-hydrogen) atoms. The zero-order chi connectivity index (χ0) is 12.7. The number of hydrogen-bond acceptors (Lipinski definition) is 2. The van der Waals surface area contributed by atoms with Gasteiger partial charge in [0, 0.05) is 12.3 Å². The highest BCUT2D eigenvalue weighted by atomic mass is 16.2. The number of rotatable bonds is 4. The molecule has 3 nitrogen and oxygen atoms in total. The second kappa shape index (κ2) is 7.46. The van der Waals surface area contributed by atoms with Crippen LogP contribution >= 0.6 is 0 Å². The van der Waals surface area contributed by atoms with E-state index in [0.29, 0.717) is 6.42 Å². The van der Waals surface area contributed by atoms with E-state index in [4.69, 9.17) is 0 Å². The Bertz CT molecular complexity index is 255. The third kappa shape index (κ3) is 4.88. The summed E-state index contributed by atoms with van der Waals surface area (Å²) in [6, 6.07) is -0.321. The SMILES string of the molecule is CCC(=O)C(C)NC(=O)C1CCCCCCC1. The standard InChI is InChI=1S/C14H25NO2/c1-3-13(16)11(2)15-14(17)12-9-7-5-4-6-8-10-12/h11-12H,3-10H2,1-2H3,(H,15,17). The van der Waals surface area contributed by atoms with Crippen LogP contribution in [0.2, 0.25) is 0 Å². The average molecular weight is 239 g/mol. The fourth-order valence-corrected chi connectivity index (χ4v) is 2.44. The van der Waals surface area contributed by atoms with Crippen LogP contribution in [0.5, 0.6) is 0 Å². The van der Waals surface area contributed by atoms with Crippen LogP contribution in [-0.2, 0) is 9.59 Å². The molecule has 0 aromatic rings. The van der Waals surface area contributed by atoms with Crippen molar-refractivity contribution in [2.75, 3.05) is 0 Å². The summed E-state index contributed by atoms with van der Waals surface area (Å²) < 4.78 is 0. The van der Waals surface area contributed by atoms with E-state index in [0.717, 1.165) is 25.7 Å². The van der Waals surface area contributed by atoms with E-state index in [9.17, 15) is 9.59 Å². The highest BCUT2D eigenvalue weighted by Crippen LogP contribution is 2.22. The first-order valence-electron chi connectivity index (χ1n) is 6.98. The Kier molecular flexibility index (Phi) is 6.23. The predicted octanol–water partition coefficient (Wildman–Crippen LogP) is 2.83. The van der Waals surface area contributed by atoms with Crippen LogP contribution in [0.3, 0.4) is 0 Å². The molecule has 0 saturated heterocycles. The van der Waals surface area contributed by atoms with Crippen LogP contribution in [0.15, 0.2) is 0 Å². The van der Waals surface area contributed by atoms with Crippen molar-refractivity contribution in [1.82, 2.24) is 5.32 Å². The van der Waals surface area contributed by atoms with Gasteiger partial charge in [-0.2, -0.15) is 0 Å². The molecule has 1 saturated carbocycles. The first-order chi connectivity index (χ1) is 8.15. The summed E-state index contributed by atoms with van der Waals surface area (Å²) in [5, 5.41) is 2.86. The predicted molar refractivity (Wildman–Crippen MR) is 68.7 cm³/mol. The van der Waals surface area contributed by atoms with E-state index in [2.05, 4.69) is 5.32 Å². The molecule has 1 rings (SSSR count). The number of ketones is 1. The second-order valence-corrected chi connectivity index (χ2v) is 5.09. The van der Waals surface area contributed by atoms with Gasteiger partial charge in [-0.1, -0.05) is 39.0 Å². The minimum atomic E-state index is -0.321. The van der Waals surface area contributed by atoms with E-state index in [-0.39, 0.29) is 23.7 Å². The zero-order valence-electron chi connectivity index (χ0n) is 11.1. The Morgan fingerprint density at radius 2 is 1.65 bits per heavy atom. The van der Waals surface area contributed by atoms with Crippen molar-refractivity contribution in [2.45, 2.75) is 71.3 Å². The highest BCUT2D eigenvalue weighted by Gasteiger charge is 2.22. The molecule has 0 aliphatic heterocycles. The maximum atomic E-state index is 12.0. The number of nitrogens with one attached hydrogen (secondary N) is 1. The molecule has 1 N–H and O–H groups in total. The van der Waals surface area contributed by atoms with Crippen molar-refractivity contribution in [3.05, 3.63) is 0 Å². The summed E-state index contributed by atoms with van der Waals surface area (Å²) in [5.41, 5.74) is 0. The maximum absolute atomic E-state index is 12.0. The van der Waals surface area contributed by atoms with Gasteiger partial charge in [0.25, 0.3) is 0 Å². The summed E-state index contributed by atoms with van der Waals surface area (Å²) in [7, 11) is 0. The Balaban J connectivity index is 2.41. The molecular weight excluding hydrogens is 214 g/mol. The number of carbonyl (C=O) groups excluding carboxylic acids is 2. The van der Waals surface area contributed by atoms with E-state index in [1.165, 1.54) is 19.3 Å². The molecule has 0 spiro atoms. The fraction of sp³-hybridized carbons (Fsp3) is 0.857. The first kappa shape index (κ1) is 14.2. The number of Topliss-reactive ketones (excluding diaryl/α,β-unsaturated/α-hetero) is 1. The van der Waals surface area contributed by atoms with Gasteiger partial charge in [-0.25, -0.2) is 0 Å². The molecule has 1 aliphatic rings. The van der Waals surface area contributed by atoms with Gasteiger partial charge < -0.3 is 5.32 Å². The van der Waals surface area contributed by atoms with E-state index in [1.54, 1.807) is 6.92 Å². The lowest BCUT2D eigenvalue weighted by Gasteiger charge is -2.21. The van der Waals surface area contributed by atoms with E-state index < -0.39 is 0 Å². The summed E-state index contributed by atoms with van der Waals surface area (Å²) in [5.74, 6) is 0.327. The number of hydrogen-bond donors (Lipinski definition) is 1. The molecule has 0 aromatic carbocycles. The lowest BCUT2D eigenvalue weighted by Crippen LogP contribution is -2.41. The van der Waals surface area contributed by atoms with Crippen molar-refractivity contribution in [2.24, 2.45) is 5.92 Å². The van der Waals surface area contributed by atoms with Crippen LogP contribution in [0, 0.1) is 5.92 Å². The van der Waals surface area contributed by atoms with Gasteiger partial charge in [0.1, 0.15) is 0 Å². The molecule has 1 unspecified atom stereocenters. The minimum absolute atomic E-state index is 0.0844. The third-order valence-corrected chi connectivity index (χ3v) is 3.67. The maximum Gasteiger partial charge on any atom is 0.223 e. The Morgan fingerprint density at radius 1 is 1.12 bits per heavy atom. The Morgan fingerprint density at radius 3 is 2.18 bits per heavy atom. The lowest BCUT2D eigenvalue weighted by molar-refractivity contribution is -0.130. The Hall–Kier alpha value is -0.860. The molecule has 1 atom stereocenters. The van der Waals surface area contributed by atoms with Crippen molar-refractivity contribution < 1.29 is 9.59 Å². The quantitative estimate of drug-likeness (QED) is 0.820. The lowest BCUT2D eigenvalue weighted by atomic mass is 9.90. The molecule has 3 heteroatoms. The summed E-state index contributed by atoms with van der Waals surface area (Å²) >= 11 is 0.